The first kappa shape index (κ1) is 13.9. The number of aromatic nitrogens is 1. The molecule has 2 rings (SSSR count). The fourth-order valence-corrected chi connectivity index (χ4v) is 2.24. The van der Waals surface area contributed by atoms with Gasteiger partial charge in [-0.1, -0.05) is 23.7 Å². The Bertz CT molecular complexity index is 623. The van der Waals surface area contributed by atoms with Crippen LogP contribution in [0.1, 0.15) is 18.2 Å². The van der Waals surface area contributed by atoms with Gasteiger partial charge >= 0.3 is 6.18 Å². The fourth-order valence-electron chi connectivity index (χ4n) is 2.03. The molecule has 0 bridgehead atoms. The zero-order chi connectivity index (χ0) is 14.2. The van der Waals surface area contributed by atoms with E-state index >= 15 is 0 Å². The Balaban J connectivity index is 2.87. The Labute approximate surface area is 113 Å². The van der Waals surface area contributed by atoms with Crippen LogP contribution in [-0.4, -0.2) is 11.5 Å². The smallest absolute Gasteiger partial charge is 0.385 e. The van der Waals surface area contributed by atoms with E-state index in [9.17, 15) is 13.2 Å². The summed E-state index contributed by atoms with van der Waals surface area (Å²) < 4.78 is 39.0. The van der Waals surface area contributed by atoms with Gasteiger partial charge in [0.25, 0.3) is 0 Å². The molecule has 2 nitrogen and oxygen atoms in total. The van der Waals surface area contributed by atoms with Crippen molar-refractivity contribution in [1.29, 1.82) is 0 Å². The van der Waals surface area contributed by atoms with E-state index in [1.165, 1.54) is 13.0 Å². The van der Waals surface area contributed by atoms with E-state index in [1.807, 2.05) is 6.92 Å². The average molecular weight is 289 g/mol. The first-order chi connectivity index (χ1) is 8.86. The van der Waals surface area contributed by atoms with Crippen LogP contribution < -0.4 is 5.32 Å². The van der Waals surface area contributed by atoms with Gasteiger partial charge in [0.15, 0.2) is 0 Å². The standard InChI is InChI=1S/C13H12ClF3N2/c1-3-18-10-7(2)12(13(15,16)17)19-11-8(10)5-4-6-9(11)14/h4-6H,3H2,1-2H3,(H,18,19). The number of hydrogen-bond acceptors (Lipinski definition) is 2. The maximum Gasteiger partial charge on any atom is 0.433 e. The Morgan fingerprint density at radius 2 is 2.00 bits per heavy atom. The SMILES string of the molecule is CCNc1c(C)c(C(F)(F)F)nc2c(Cl)cccc12. The molecule has 1 heterocycles. The molecule has 0 atom stereocenters. The fraction of sp³-hybridized carbons (Fsp3) is 0.308. The molecule has 19 heavy (non-hydrogen) atoms. The summed E-state index contributed by atoms with van der Waals surface area (Å²) in [5.41, 5.74) is -0.214. The Morgan fingerprint density at radius 1 is 1.32 bits per heavy atom. The summed E-state index contributed by atoms with van der Waals surface area (Å²) >= 11 is 5.95. The van der Waals surface area contributed by atoms with Gasteiger partial charge in [-0.2, -0.15) is 13.2 Å². The number of halogens is 4. The Hall–Kier alpha value is -1.49. The van der Waals surface area contributed by atoms with Crippen molar-refractivity contribution in [2.24, 2.45) is 0 Å². The molecule has 0 fully saturated rings. The largest absolute Gasteiger partial charge is 0.433 e. The molecule has 0 aliphatic carbocycles. The number of rotatable bonds is 2. The van der Waals surface area contributed by atoms with Gasteiger partial charge < -0.3 is 5.32 Å². The molecule has 0 unspecified atom stereocenters. The molecule has 1 aromatic carbocycles. The molecule has 1 aromatic heterocycles. The summed E-state index contributed by atoms with van der Waals surface area (Å²) in [7, 11) is 0. The highest BCUT2D eigenvalue weighted by Crippen LogP contribution is 2.38. The molecule has 102 valence electrons. The molecular formula is C13H12ClF3N2. The van der Waals surface area contributed by atoms with E-state index in [4.69, 9.17) is 11.6 Å². The average Bonchev–Trinajstić information content (AvgIpc) is 2.31. The van der Waals surface area contributed by atoms with Gasteiger partial charge in [0.1, 0.15) is 5.69 Å². The minimum absolute atomic E-state index is 0.0871. The molecule has 0 saturated heterocycles. The predicted octanol–water partition coefficient (Wildman–Crippen LogP) is 4.65. The Morgan fingerprint density at radius 3 is 2.58 bits per heavy atom. The number of nitrogens with one attached hydrogen (secondary N) is 1. The third-order valence-corrected chi connectivity index (χ3v) is 3.14. The number of hydrogen-bond donors (Lipinski definition) is 1. The number of pyridine rings is 1. The van der Waals surface area contributed by atoms with Crippen LogP contribution in [0.25, 0.3) is 10.9 Å². The second-order valence-corrected chi connectivity index (χ2v) is 4.53. The zero-order valence-electron chi connectivity index (χ0n) is 10.4. The van der Waals surface area contributed by atoms with Gasteiger partial charge in [0, 0.05) is 23.2 Å². The molecule has 0 aliphatic rings. The van der Waals surface area contributed by atoms with Crippen LogP contribution in [0.4, 0.5) is 18.9 Å². The van der Waals surface area contributed by atoms with E-state index in [0.29, 0.717) is 17.6 Å². The number of nitrogens with zero attached hydrogens (tertiary/aromatic N) is 1. The summed E-state index contributed by atoms with van der Waals surface area (Å²) in [4.78, 5) is 3.69. The maximum atomic E-state index is 13.0. The van der Waals surface area contributed by atoms with Crippen molar-refractivity contribution in [1.82, 2.24) is 4.98 Å². The van der Waals surface area contributed by atoms with Gasteiger partial charge in [-0.25, -0.2) is 4.98 Å². The molecule has 0 spiro atoms. The van der Waals surface area contributed by atoms with Crippen LogP contribution >= 0.6 is 11.6 Å². The molecule has 1 N–H and O–H groups in total. The third-order valence-electron chi connectivity index (χ3n) is 2.83. The molecular weight excluding hydrogens is 277 g/mol. The van der Waals surface area contributed by atoms with E-state index in [-0.39, 0.29) is 16.1 Å². The van der Waals surface area contributed by atoms with Gasteiger partial charge in [-0.05, 0) is 19.9 Å². The van der Waals surface area contributed by atoms with Crippen molar-refractivity contribution in [3.05, 3.63) is 34.5 Å². The second-order valence-electron chi connectivity index (χ2n) is 4.12. The number of anilines is 1. The zero-order valence-corrected chi connectivity index (χ0v) is 11.2. The van der Waals surface area contributed by atoms with E-state index in [0.717, 1.165) is 0 Å². The molecule has 2 aromatic rings. The number of para-hydroxylation sites is 1. The summed E-state index contributed by atoms with van der Waals surface area (Å²) in [6, 6.07) is 4.93. The lowest BCUT2D eigenvalue weighted by Crippen LogP contribution is -2.13. The highest BCUT2D eigenvalue weighted by Gasteiger charge is 2.36. The maximum absolute atomic E-state index is 13.0. The van der Waals surface area contributed by atoms with Crippen molar-refractivity contribution in [2.45, 2.75) is 20.0 Å². The van der Waals surface area contributed by atoms with Gasteiger partial charge in [0.2, 0.25) is 0 Å². The third kappa shape index (κ3) is 2.47. The highest BCUT2D eigenvalue weighted by molar-refractivity contribution is 6.35. The molecule has 6 heteroatoms. The molecule has 0 radical (unpaired) electrons. The van der Waals surface area contributed by atoms with E-state index in [2.05, 4.69) is 10.3 Å². The quantitative estimate of drug-likeness (QED) is 0.870. The van der Waals surface area contributed by atoms with Gasteiger partial charge in [-0.15, -0.1) is 0 Å². The first-order valence-electron chi connectivity index (χ1n) is 5.76. The van der Waals surface area contributed by atoms with Crippen LogP contribution in [-0.2, 0) is 6.18 Å². The van der Waals surface area contributed by atoms with E-state index < -0.39 is 11.9 Å². The van der Waals surface area contributed by atoms with Crippen LogP contribution in [0.15, 0.2) is 18.2 Å². The van der Waals surface area contributed by atoms with E-state index in [1.54, 1.807) is 12.1 Å². The van der Waals surface area contributed by atoms with Gasteiger partial charge in [-0.3, -0.25) is 0 Å². The lowest BCUT2D eigenvalue weighted by atomic mass is 10.1. The van der Waals surface area contributed by atoms with Crippen molar-refractivity contribution in [2.75, 3.05) is 11.9 Å². The minimum atomic E-state index is -4.50. The summed E-state index contributed by atoms with van der Waals surface area (Å²) in [5.74, 6) is 0. The van der Waals surface area contributed by atoms with Crippen LogP contribution in [0.2, 0.25) is 5.02 Å². The molecule has 0 aliphatic heterocycles. The van der Waals surface area contributed by atoms with Crippen molar-refractivity contribution in [3.63, 3.8) is 0 Å². The van der Waals surface area contributed by atoms with Crippen molar-refractivity contribution in [3.8, 4) is 0 Å². The summed E-state index contributed by atoms with van der Waals surface area (Å²) in [6.07, 6.45) is -4.50. The topological polar surface area (TPSA) is 24.9 Å². The summed E-state index contributed by atoms with van der Waals surface area (Å²) in [5, 5.41) is 3.77. The first-order valence-corrected chi connectivity index (χ1v) is 6.14. The predicted molar refractivity (Wildman–Crippen MR) is 70.7 cm³/mol. The summed E-state index contributed by atoms with van der Waals surface area (Å²) in [6.45, 7) is 3.75. The monoisotopic (exact) mass is 288 g/mol. The Kier molecular flexibility index (Phi) is 3.58. The second kappa shape index (κ2) is 4.89. The minimum Gasteiger partial charge on any atom is -0.385 e. The van der Waals surface area contributed by atoms with Crippen molar-refractivity contribution >= 4 is 28.2 Å². The normalized spacial score (nSPS) is 11.9. The molecule has 0 saturated carbocycles. The van der Waals surface area contributed by atoms with Crippen LogP contribution in [0.3, 0.4) is 0 Å². The number of fused-ring (bicyclic) bond motifs is 1. The highest BCUT2D eigenvalue weighted by atomic mass is 35.5. The lowest BCUT2D eigenvalue weighted by Gasteiger charge is -2.17. The number of alkyl halides is 3. The van der Waals surface area contributed by atoms with Gasteiger partial charge in [0.05, 0.1) is 10.5 Å². The van der Waals surface area contributed by atoms with Crippen LogP contribution in [0, 0.1) is 6.92 Å². The van der Waals surface area contributed by atoms with Crippen molar-refractivity contribution < 1.29 is 13.2 Å². The molecule has 0 amide bonds. The number of benzene rings is 1. The van der Waals surface area contributed by atoms with Crippen LogP contribution in [0.5, 0.6) is 0 Å². The lowest BCUT2D eigenvalue weighted by molar-refractivity contribution is -0.141.